The second-order valence-electron chi connectivity index (χ2n) is 2.99. The van der Waals surface area contributed by atoms with Crippen LogP contribution in [0.4, 0.5) is 0 Å². The molecule has 0 bridgehead atoms. The Kier molecular flexibility index (Phi) is 2.90. The maximum Gasteiger partial charge on any atom is 0.329 e. The van der Waals surface area contributed by atoms with Crippen LogP contribution in [-0.4, -0.2) is 22.2 Å². The summed E-state index contributed by atoms with van der Waals surface area (Å²) in [6.45, 7) is 3.29. The maximum atomic E-state index is 11.0. The normalized spacial score (nSPS) is 10.7. The number of aliphatic carboxylic acids is 2. The number of hydrogen-bond acceptors (Lipinski definition) is 2. The summed E-state index contributed by atoms with van der Waals surface area (Å²) in [6, 6.07) is 7.74. The fourth-order valence-corrected chi connectivity index (χ4v) is 1.33. The van der Waals surface area contributed by atoms with E-state index in [1.807, 2.05) is 0 Å². The van der Waals surface area contributed by atoms with Crippen molar-refractivity contribution in [2.45, 2.75) is 5.41 Å². The second-order valence-corrected chi connectivity index (χ2v) is 2.99. The topological polar surface area (TPSA) is 74.6 Å². The number of carboxylic acid groups (broad SMARTS) is 2. The first-order valence-electron chi connectivity index (χ1n) is 4.21. The molecule has 0 heterocycles. The highest BCUT2D eigenvalue weighted by molar-refractivity contribution is 6.07. The van der Waals surface area contributed by atoms with Gasteiger partial charge in [-0.1, -0.05) is 36.4 Å². The van der Waals surface area contributed by atoms with Crippen molar-refractivity contribution in [1.82, 2.24) is 0 Å². The summed E-state index contributed by atoms with van der Waals surface area (Å²) >= 11 is 0. The van der Waals surface area contributed by atoms with Crippen LogP contribution in [0.3, 0.4) is 0 Å². The van der Waals surface area contributed by atoms with Gasteiger partial charge in [-0.15, -0.1) is 6.58 Å². The molecule has 1 rings (SSSR count). The lowest BCUT2D eigenvalue weighted by Crippen LogP contribution is -2.41. The predicted molar refractivity (Wildman–Crippen MR) is 53.6 cm³/mol. The molecule has 2 N–H and O–H groups in total. The van der Waals surface area contributed by atoms with Crippen molar-refractivity contribution >= 4 is 11.9 Å². The molecule has 0 spiro atoms. The molecule has 0 amide bonds. The van der Waals surface area contributed by atoms with Crippen LogP contribution in [0, 0.1) is 0 Å². The van der Waals surface area contributed by atoms with Gasteiger partial charge < -0.3 is 10.2 Å². The molecule has 0 radical (unpaired) electrons. The molecule has 4 nitrogen and oxygen atoms in total. The first kappa shape index (κ1) is 11.0. The van der Waals surface area contributed by atoms with E-state index in [2.05, 4.69) is 6.58 Å². The monoisotopic (exact) mass is 206 g/mol. The number of carbonyl (C=O) groups is 2. The van der Waals surface area contributed by atoms with Crippen molar-refractivity contribution in [3.8, 4) is 0 Å². The maximum absolute atomic E-state index is 11.0. The van der Waals surface area contributed by atoms with Gasteiger partial charge in [0, 0.05) is 0 Å². The summed E-state index contributed by atoms with van der Waals surface area (Å²) in [5.41, 5.74) is -1.89. The van der Waals surface area contributed by atoms with Crippen molar-refractivity contribution in [3.63, 3.8) is 0 Å². The lowest BCUT2D eigenvalue weighted by Gasteiger charge is -2.20. The lowest BCUT2D eigenvalue weighted by atomic mass is 9.81. The zero-order chi connectivity index (χ0) is 11.5. The summed E-state index contributed by atoms with van der Waals surface area (Å²) in [7, 11) is 0. The highest BCUT2D eigenvalue weighted by atomic mass is 16.4. The standard InChI is InChI=1S/C11H10O4/c1-2-11(9(12)13,10(14)15)8-6-4-3-5-7-8/h2-7H,1H2,(H,12,13)(H,14,15). The van der Waals surface area contributed by atoms with Gasteiger partial charge in [0.05, 0.1) is 0 Å². The highest BCUT2D eigenvalue weighted by Gasteiger charge is 2.45. The molecule has 0 fully saturated rings. The molecular weight excluding hydrogens is 196 g/mol. The molecule has 1 aromatic rings. The molecule has 0 atom stereocenters. The van der Waals surface area contributed by atoms with Crippen LogP contribution in [0.2, 0.25) is 0 Å². The van der Waals surface area contributed by atoms with Crippen LogP contribution in [-0.2, 0) is 15.0 Å². The largest absolute Gasteiger partial charge is 0.480 e. The van der Waals surface area contributed by atoms with Gasteiger partial charge in [-0.2, -0.15) is 0 Å². The smallest absolute Gasteiger partial charge is 0.329 e. The van der Waals surface area contributed by atoms with E-state index in [1.54, 1.807) is 18.2 Å². The van der Waals surface area contributed by atoms with E-state index in [1.165, 1.54) is 12.1 Å². The third-order valence-corrected chi connectivity index (χ3v) is 2.21. The average molecular weight is 206 g/mol. The van der Waals surface area contributed by atoms with Gasteiger partial charge >= 0.3 is 11.9 Å². The SMILES string of the molecule is C=CC(C(=O)O)(C(=O)O)c1ccccc1. The molecule has 0 saturated carbocycles. The number of benzene rings is 1. The summed E-state index contributed by atoms with van der Waals surface area (Å²) in [5, 5.41) is 18.0. The summed E-state index contributed by atoms with van der Waals surface area (Å²) in [6.07, 6.45) is 0.924. The lowest BCUT2D eigenvalue weighted by molar-refractivity contribution is -0.154. The second kappa shape index (κ2) is 3.96. The molecule has 0 aliphatic heterocycles. The molecule has 78 valence electrons. The van der Waals surface area contributed by atoms with Gasteiger partial charge in [0.15, 0.2) is 0 Å². The van der Waals surface area contributed by atoms with Crippen LogP contribution in [0.25, 0.3) is 0 Å². The molecule has 0 saturated heterocycles. The fraction of sp³-hybridized carbons (Fsp3) is 0.0909. The molecular formula is C11H10O4. The fourth-order valence-electron chi connectivity index (χ4n) is 1.33. The summed E-state index contributed by atoms with van der Waals surface area (Å²) < 4.78 is 0. The minimum atomic E-state index is -2.07. The van der Waals surface area contributed by atoms with Crippen LogP contribution < -0.4 is 0 Å². The number of rotatable bonds is 4. The average Bonchev–Trinajstić information content (AvgIpc) is 2.20. The Labute approximate surface area is 86.5 Å². The molecule has 4 heteroatoms. The van der Waals surface area contributed by atoms with Crippen LogP contribution in [0.15, 0.2) is 43.0 Å². The first-order valence-corrected chi connectivity index (χ1v) is 4.21. The number of carboxylic acids is 2. The van der Waals surface area contributed by atoms with E-state index >= 15 is 0 Å². The molecule has 0 aliphatic rings. The molecule has 15 heavy (non-hydrogen) atoms. The van der Waals surface area contributed by atoms with E-state index in [4.69, 9.17) is 10.2 Å². The van der Waals surface area contributed by atoms with E-state index < -0.39 is 17.4 Å². The van der Waals surface area contributed by atoms with Crippen molar-refractivity contribution in [1.29, 1.82) is 0 Å². The Morgan fingerprint density at radius 1 is 1.13 bits per heavy atom. The van der Waals surface area contributed by atoms with Gasteiger partial charge in [-0.05, 0) is 5.56 Å². The molecule has 0 unspecified atom stereocenters. The van der Waals surface area contributed by atoms with Gasteiger partial charge in [0.25, 0.3) is 0 Å². The quantitative estimate of drug-likeness (QED) is 0.574. The number of hydrogen-bond donors (Lipinski definition) is 2. The van der Waals surface area contributed by atoms with Crippen molar-refractivity contribution in [2.24, 2.45) is 0 Å². The van der Waals surface area contributed by atoms with Gasteiger partial charge in [-0.25, -0.2) is 0 Å². The Morgan fingerprint density at radius 2 is 1.60 bits per heavy atom. The zero-order valence-corrected chi connectivity index (χ0v) is 7.88. The molecule has 1 aromatic carbocycles. The van der Waals surface area contributed by atoms with Gasteiger partial charge in [-0.3, -0.25) is 9.59 Å². The zero-order valence-electron chi connectivity index (χ0n) is 7.88. The minimum Gasteiger partial charge on any atom is -0.480 e. The molecule has 0 aromatic heterocycles. The Morgan fingerprint density at radius 3 is 1.93 bits per heavy atom. The first-order chi connectivity index (χ1) is 7.05. The van der Waals surface area contributed by atoms with Crippen LogP contribution >= 0.6 is 0 Å². The van der Waals surface area contributed by atoms with E-state index in [9.17, 15) is 9.59 Å². The van der Waals surface area contributed by atoms with Crippen molar-refractivity contribution in [2.75, 3.05) is 0 Å². The predicted octanol–water partition coefficient (Wildman–Crippen LogP) is 1.28. The van der Waals surface area contributed by atoms with Crippen LogP contribution in [0.5, 0.6) is 0 Å². The van der Waals surface area contributed by atoms with E-state index in [0.29, 0.717) is 0 Å². The van der Waals surface area contributed by atoms with E-state index in [0.717, 1.165) is 6.08 Å². The third-order valence-electron chi connectivity index (χ3n) is 2.21. The highest BCUT2D eigenvalue weighted by Crippen LogP contribution is 2.26. The summed E-state index contributed by atoms with van der Waals surface area (Å²) in [4.78, 5) is 22.1. The molecule has 0 aliphatic carbocycles. The van der Waals surface area contributed by atoms with Crippen LogP contribution in [0.1, 0.15) is 5.56 Å². The van der Waals surface area contributed by atoms with Crippen molar-refractivity contribution < 1.29 is 19.8 Å². The Hall–Kier alpha value is -2.10. The van der Waals surface area contributed by atoms with Gasteiger partial charge in [0.1, 0.15) is 0 Å². The van der Waals surface area contributed by atoms with Crippen molar-refractivity contribution in [3.05, 3.63) is 48.6 Å². The minimum absolute atomic E-state index is 0.181. The van der Waals surface area contributed by atoms with Gasteiger partial charge in [0.2, 0.25) is 5.41 Å². The Bertz CT molecular complexity index is 380. The summed E-state index contributed by atoms with van der Waals surface area (Å²) in [5.74, 6) is -2.90. The Balaban J connectivity index is 3.42. The van der Waals surface area contributed by atoms with E-state index in [-0.39, 0.29) is 5.56 Å². The third kappa shape index (κ3) is 1.61.